The molecule has 1 aliphatic rings. The number of nitro benzene ring substituents is 1. The third-order valence-corrected chi connectivity index (χ3v) is 4.34. The first-order valence-electron chi connectivity index (χ1n) is 6.63. The van der Waals surface area contributed by atoms with E-state index in [1.165, 1.54) is 28.8 Å². The first-order chi connectivity index (χ1) is 10.4. The van der Waals surface area contributed by atoms with Crippen molar-refractivity contribution in [2.45, 2.75) is 11.8 Å². The Morgan fingerprint density at radius 2 is 2.23 bits per heavy atom. The third kappa shape index (κ3) is 3.30. The molecule has 0 saturated carbocycles. The van der Waals surface area contributed by atoms with Gasteiger partial charge < -0.3 is 10.0 Å². The van der Waals surface area contributed by atoms with Crippen molar-refractivity contribution in [2.75, 3.05) is 30.3 Å². The standard InChI is InChI=1S/C13H15N3O5S/c1-2-14(13(18)19)8-12(17)15-5-6-22-11-4-3-9(16(20)21)7-10(11)15/h3-4,7H,2,5-6,8H2,1H3,(H,18,19). The van der Waals surface area contributed by atoms with E-state index in [4.69, 9.17) is 5.11 Å². The van der Waals surface area contributed by atoms with Crippen LogP contribution in [0.5, 0.6) is 0 Å². The van der Waals surface area contributed by atoms with E-state index < -0.39 is 11.0 Å². The van der Waals surface area contributed by atoms with Gasteiger partial charge in [0.05, 0.1) is 10.6 Å². The van der Waals surface area contributed by atoms with Gasteiger partial charge in [0.1, 0.15) is 6.54 Å². The molecule has 1 aliphatic heterocycles. The zero-order chi connectivity index (χ0) is 16.3. The maximum Gasteiger partial charge on any atom is 0.407 e. The summed E-state index contributed by atoms with van der Waals surface area (Å²) in [5.74, 6) is 0.279. The minimum absolute atomic E-state index is 0.0929. The number of nitrogens with zero attached hydrogens (tertiary/aromatic N) is 3. The van der Waals surface area contributed by atoms with E-state index in [2.05, 4.69) is 0 Å². The molecular weight excluding hydrogens is 310 g/mol. The van der Waals surface area contributed by atoms with Gasteiger partial charge in [-0.25, -0.2) is 4.79 Å². The molecule has 118 valence electrons. The molecule has 9 heteroatoms. The SMILES string of the molecule is CCN(CC(=O)N1CCSc2ccc([N+](=O)[O-])cc21)C(=O)O. The molecule has 0 bridgehead atoms. The number of carbonyl (C=O) groups excluding carboxylic acids is 1. The van der Waals surface area contributed by atoms with Gasteiger partial charge in [-0.05, 0) is 13.0 Å². The van der Waals surface area contributed by atoms with E-state index in [-0.39, 0.29) is 24.7 Å². The van der Waals surface area contributed by atoms with Crippen LogP contribution in [-0.2, 0) is 4.79 Å². The molecule has 8 nitrogen and oxygen atoms in total. The average molecular weight is 325 g/mol. The summed E-state index contributed by atoms with van der Waals surface area (Å²) in [5, 5.41) is 19.9. The van der Waals surface area contributed by atoms with Crippen molar-refractivity contribution < 1.29 is 19.6 Å². The highest BCUT2D eigenvalue weighted by molar-refractivity contribution is 7.99. The Morgan fingerprint density at radius 1 is 1.50 bits per heavy atom. The number of carbonyl (C=O) groups is 2. The topological polar surface area (TPSA) is 104 Å². The van der Waals surface area contributed by atoms with E-state index >= 15 is 0 Å². The maximum atomic E-state index is 12.4. The molecule has 2 rings (SSSR count). The van der Waals surface area contributed by atoms with Gasteiger partial charge in [-0.2, -0.15) is 0 Å². The fourth-order valence-corrected chi connectivity index (χ4v) is 3.12. The van der Waals surface area contributed by atoms with Crippen LogP contribution in [0, 0.1) is 10.1 Å². The van der Waals surface area contributed by atoms with Crippen LogP contribution in [0.4, 0.5) is 16.2 Å². The Balaban J connectivity index is 2.27. The average Bonchev–Trinajstić information content (AvgIpc) is 2.50. The number of amides is 2. The minimum Gasteiger partial charge on any atom is -0.465 e. The largest absolute Gasteiger partial charge is 0.465 e. The third-order valence-electron chi connectivity index (χ3n) is 3.30. The Labute approximate surface area is 130 Å². The summed E-state index contributed by atoms with van der Waals surface area (Å²) in [4.78, 5) is 36.9. The minimum atomic E-state index is -1.17. The molecule has 1 N–H and O–H groups in total. The van der Waals surface area contributed by atoms with Crippen molar-refractivity contribution in [1.82, 2.24) is 4.90 Å². The van der Waals surface area contributed by atoms with Gasteiger partial charge in [0.2, 0.25) is 5.91 Å². The van der Waals surface area contributed by atoms with Crippen LogP contribution in [0.2, 0.25) is 0 Å². The van der Waals surface area contributed by atoms with Gasteiger partial charge in [-0.15, -0.1) is 11.8 Å². The second kappa shape index (κ2) is 6.65. The van der Waals surface area contributed by atoms with E-state index in [0.717, 1.165) is 9.80 Å². The lowest BCUT2D eigenvalue weighted by atomic mass is 10.2. The molecule has 1 aromatic carbocycles. The highest BCUT2D eigenvalue weighted by Crippen LogP contribution is 2.37. The number of fused-ring (bicyclic) bond motifs is 1. The number of benzene rings is 1. The fourth-order valence-electron chi connectivity index (χ4n) is 2.14. The number of rotatable bonds is 4. The van der Waals surface area contributed by atoms with Crippen LogP contribution >= 0.6 is 11.8 Å². The van der Waals surface area contributed by atoms with Gasteiger partial charge in [0.25, 0.3) is 5.69 Å². The molecule has 0 aromatic heterocycles. The molecule has 0 fully saturated rings. The van der Waals surface area contributed by atoms with Crippen LogP contribution in [0.1, 0.15) is 6.92 Å². The lowest BCUT2D eigenvalue weighted by molar-refractivity contribution is -0.384. The van der Waals surface area contributed by atoms with E-state index in [1.54, 1.807) is 13.0 Å². The summed E-state index contributed by atoms with van der Waals surface area (Å²) in [6.07, 6.45) is -1.17. The number of carboxylic acid groups (broad SMARTS) is 1. The summed E-state index contributed by atoms with van der Waals surface area (Å²) in [5.41, 5.74) is 0.376. The van der Waals surface area contributed by atoms with E-state index in [0.29, 0.717) is 18.0 Å². The normalized spacial score (nSPS) is 13.4. The second-order valence-corrected chi connectivity index (χ2v) is 5.74. The summed E-state index contributed by atoms with van der Waals surface area (Å²) in [6, 6.07) is 4.37. The maximum absolute atomic E-state index is 12.4. The number of thioether (sulfide) groups is 1. The van der Waals surface area contributed by atoms with Crippen LogP contribution in [0.15, 0.2) is 23.1 Å². The van der Waals surface area contributed by atoms with Crippen molar-refractivity contribution in [2.24, 2.45) is 0 Å². The lowest BCUT2D eigenvalue weighted by Gasteiger charge is -2.30. The predicted molar refractivity (Wildman–Crippen MR) is 81.4 cm³/mol. The van der Waals surface area contributed by atoms with Crippen molar-refractivity contribution in [3.8, 4) is 0 Å². The number of hydrogen-bond donors (Lipinski definition) is 1. The smallest absolute Gasteiger partial charge is 0.407 e. The predicted octanol–water partition coefficient (Wildman–Crippen LogP) is 2.03. The second-order valence-electron chi connectivity index (χ2n) is 4.60. The Kier molecular flexibility index (Phi) is 4.86. The molecule has 0 spiro atoms. The monoisotopic (exact) mass is 325 g/mol. The molecule has 2 amide bonds. The first kappa shape index (κ1) is 16.1. The molecule has 1 aromatic rings. The Morgan fingerprint density at radius 3 is 2.82 bits per heavy atom. The van der Waals surface area contributed by atoms with Gasteiger partial charge in [-0.1, -0.05) is 0 Å². The Bertz CT molecular complexity index is 622. The molecule has 22 heavy (non-hydrogen) atoms. The first-order valence-corrected chi connectivity index (χ1v) is 7.62. The highest BCUT2D eigenvalue weighted by Gasteiger charge is 2.27. The number of anilines is 1. The number of non-ortho nitro benzene ring substituents is 1. The van der Waals surface area contributed by atoms with Gasteiger partial charge >= 0.3 is 6.09 Å². The van der Waals surface area contributed by atoms with Crippen molar-refractivity contribution in [3.05, 3.63) is 28.3 Å². The van der Waals surface area contributed by atoms with Crippen molar-refractivity contribution >= 4 is 35.1 Å². The van der Waals surface area contributed by atoms with Crippen LogP contribution < -0.4 is 4.90 Å². The summed E-state index contributed by atoms with van der Waals surface area (Å²) in [6.45, 7) is 1.98. The van der Waals surface area contributed by atoms with Crippen LogP contribution in [0.25, 0.3) is 0 Å². The number of likely N-dealkylation sites (N-methyl/N-ethyl adjacent to an activating group) is 1. The zero-order valence-electron chi connectivity index (χ0n) is 11.9. The molecule has 0 unspecified atom stereocenters. The fraction of sp³-hybridized carbons (Fsp3) is 0.385. The quantitative estimate of drug-likeness (QED) is 0.671. The van der Waals surface area contributed by atoms with Crippen LogP contribution in [0.3, 0.4) is 0 Å². The summed E-state index contributed by atoms with van der Waals surface area (Å²) >= 11 is 1.51. The van der Waals surface area contributed by atoms with Crippen LogP contribution in [-0.4, -0.2) is 52.3 Å². The molecule has 0 atom stereocenters. The number of hydrogen-bond acceptors (Lipinski definition) is 5. The Hall–Kier alpha value is -2.29. The van der Waals surface area contributed by atoms with E-state index in [9.17, 15) is 19.7 Å². The molecule has 0 radical (unpaired) electrons. The molecule has 1 heterocycles. The molecular formula is C13H15N3O5S. The van der Waals surface area contributed by atoms with E-state index in [1.807, 2.05) is 0 Å². The van der Waals surface area contributed by atoms with Crippen molar-refractivity contribution in [3.63, 3.8) is 0 Å². The van der Waals surface area contributed by atoms with Gasteiger partial charge in [0, 0.05) is 35.9 Å². The van der Waals surface area contributed by atoms with Crippen molar-refractivity contribution in [1.29, 1.82) is 0 Å². The summed E-state index contributed by atoms with van der Waals surface area (Å²) < 4.78 is 0. The lowest BCUT2D eigenvalue weighted by Crippen LogP contribution is -2.44. The number of nitro groups is 1. The van der Waals surface area contributed by atoms with Gasteiger partial charge in [-0.3, -0.25) is 19.8 Å². The zero-order valence-corrected chi connectivity index (χ0v) is 12.7. The van der Waals surface area contributed by atoms with Gasteiger partial charge in [0.15, 0.2) is 0 Å². The highest BCUT2D eigenvalue weighted by atomic mass is 32.2. The molecule has 0 aliphatic carbocycles. The summed E-state index contributed by atoms with van der Waals surface area (Å²) in [7, 11) is 0. The molecule has 0 saturated heterocycles.